The molecule has 0 amide bonds. The number of aryl methyl sites for hydroxylation is 1. The van der Waals surface area contributed by atoms with E-state index in [9.17, 15) is 9.90 Å². The Morgan fingerprint density at radius 2 is 2.00 bits per heavy atom. The van der Waals surface area contributed by atoms with Crippen LogP contribution in [0, 0.1) is 0 Å². The molecule has 0 bridgehead atoms. The van der Waals surface area contributed by atoms with Crippen molar-refractivity contribution < 1.29 is 14.6 Å². The molecule has 0 radical (unpaired) electrons. The lowest BCUT2D eigenvalue weighted by atomic mass is 9.77. The van der Waals surface area contributed by atoms with E-state index in [2.05, 4.69) is 21.0 Å². The van der Waals surface area contributed by atoms with Crippen molar-refractivity contribution in [1.29, 1.82) is 0 Å². The monoisotopic (exact) mass is 394 g/mol. The minimum atomic E-state index is -1.32. The maximum absolute atomic E-state index is 11.5. The Balaban J connectivity index is 2.10. The summed E-state index contributed by atoms with van der Waals surface area (Å²) in [6.07, 6.45) is -0.709. The fourth-order valence-electron chi connectivity index (χ4n) is 2.66. The summed E-state index contributed by atoms with van der Waals surface area (Å²) in [5.74, 6) is 0.899. The van der Waals surface area contributed by atoms with Crippen LogP contribution in [0.3, 0.4) is 0 Å². The molecule has 1 aliphatic heterocycles. The summed E-state index contributed by atoms with van der Waals surface area (Å²) in [6.45, 7) is 5.29. The van der Waals surface area contributed by atoms with Gasteiger partial charge in [0.15, 0.2) is 6.10 Å². The van der Waals surface area contributed by atoms with Crippen LogP contribution in [0.5, 0.6) is 11.6 Å². The highest BCUT2D eigenvalue weighted by atomic mass is 79.9. The molecule has 0 aliphatic carbocycles. The molecule has 0 saturated carbocycles. The van der Waals surface area contributed by atoms with Crippen molar-refractivity contribution in [3.8, 4) is 11.6 Å². The molecule has 2 heterocycles. The zero-order chi connectivity index (χ0) is 17.7. The van der Waals surface area contributed by atoms with Gasteiger partial charge in [-0.3, -0.25) is 4.79 Å². The van der Waals surface area contributed by atoms with Crippen molar-refractivity contribution in [2.45, 2.75) is 38.1 Å². The lowest BCUT2D eigenvalue weighted by Gasteiger charge is -2.48. The molecule has 2 atom stereocenters. The summed E-state index contributed by atoms with van der Waals surface area (Å²) in [5.41, 5.74) is -1.72. The van der Waals surface area contributed by atoms with Crippen LogP contribution in [0.15, 0.2) is 39.6 Å². The van der Waals surface area contributed by atoms with Gasteiger partial charge in [-0.05, 0) is 39.0 Å². The minimum Gasteiger partial charge on any atom is -0.484 e. The number of benzene rings is 1. The highest BCUT2D eigenvalue weighted by molar-refractivity contribution is 9.10. The first-order chi connectivity index (χ1) is 11.1. The maximum Gasteiger partial charge on any atom is 0.266 e. The van der Waals surface area contributed by atoms with Crippen molar-refractivity contribution in [2.24, 2.45) is 7.05 Å². The molecule has 1 aliphatic rings. The third kappa shape index (κ3) is 2.71. The van der Waals surface area contributed by atoms with Crippen LogP contribution in [0.25, 0.3) is 0 Å². The number of hydrogen-bond donors (Lipinski definition) is 1. The predicted molar refractivity (Wildman–Crippen MR) is 92.3 cm³/mol. The molecule has 0 saturated heterocycles. The first kappa shape index (κ1) is 17.0. The second kappa shape index (κ2) is 5.60. The third-order valence-electron chi connectivity index (χ3n) is 4.52. The van der Waals surface area contributed by atoms with E-state index in [0.717, 1.165) is 4.47 Å². The molecular formula is C17H19BrN2O4. The lowest BCUT2D eigenvalue weighted by Crippen LogP contribution is -2.59. The topological polar surface area (TPSA) is 73.6 Å². The standard InChI is InChI=1S/C17H19BrN2O4/c1-16(2)17(3,22)15(11-9-10(18)5-6-12(11)24-16)23-13-7-8-14(21)20(4)19-13/h5-9,15,22H,1-4H3. The van der Waals surface area contributed by atoms with Crippen molar-refractivity contribution in [3.05, 3.63) is 50.7 Å². The number of ether oxygens (including phenoxy) is 2. The van der Waals surface area contributed by atoms with Gasteiger partial charge < -0.3 is 14.6 Å². The minimum absolute atomic E-state index is 0.232. The fraction of sp³-hybridized carbons (Fsp3) is 0.412. The first-order valence-electron chi connectivity index (χ1n) is 7.54. The van der Waals surface area contributed by atoms with Gasteiger partial charge in [-0.25, -0.2) is 4.68 Å². The van der Waals surface area contributed by atoms with Crippen molar-refractivity contribution in [3.63, 3.8) is 0 Å². The molecule has 1 aromatic carbocycles. The van der Waals surface area contributed by atoms with Crippen LogP contribution in [-0.4, -0.2) is 26.1 Å². The summed E-state index contributed by atoms with van der Waals surface area (Å²) < 4.78 is 14.0. The van der Waals surface area contributed by atoms with Gasteiger partial charge in [0.1, 0.15) is 17.0 Å². The summed E-state index contributed by atoms with van der Waals surface area (Å²) in [5, 5.41) is 15.2. The van der Waals surface area contributed by atoms with Crippen LogP contribution < -0.4 is 15.0 Å². The Morgan fingerprint density at radius 1 is 1.29 bits per heavy atom. The first-order valence-corrected chi connectivity index (χ1v) is 8.33. The molecule has 2 unspecified atom stereocenters. The van der Waals surface area contributed by atoms with E-state index in [-0.39, 0.29) is 11.4 Å². The summed E-state index contributed by atoms with van der Waals surface area (Å²) in [6, 6.07) is 8.44. The maximum atomic E-state index is 11.5. The van der Waals surface area contributed by atoms with Crippen molar-refractivity contribution in [2.75, 3.05) is 0 Å². The molecule has 1 N–H and O–H groups in total. The van der Waals surface area contributed by atoms with Crippen LogP contribution in [0.2, 0.25) is 0 Å². The van der Waals surface area contributed by atoms with E-state index < -0.39 is 17.3 Å². The molecule has 7 heteroatoms. The number of rotatable bonds is 2. The molecular weight excluding hydrogens is 376 g/mol. The zero-order valence-corrected chi connectivity index (χ0v) is 15.5. The van der Waals surface area contributed by atoms with Gasteiger partial charge in [0.2, 0.25) is 5.88 Å². The van der Waals surface area contributed by atoms with E-state index >= 15 is 0 Å². The Hall–Kier alpha value is -1.86. The van der Waals surface area contributed by atoms with E-state index in [1.54, 1.807) is 14.0 Å². The number of aromatic nitrogens is 2. The van der Waals surface area contributed by atoms with E-state index in [0.29, 0.717) is 11.3 Å². The second-order valence-electron chi connectivity index (χ2n) is 6.57. The van der Waals surface area contributed by atoms with Gasteiger partial charge in [0, 0.05) is 29.2 Å². The zero-order valence-electron chi connectivity index (χ0n) is 13.9. The Morgan fingerprint density at radius 3 is 2.67 bits per heavy atom. The summed E-state index contributed by atoms with van der Waals surface area (Å²) >= 11 is 3.44. The second-order valence-corrected chi connectivity index (χ2v) is 7.49. The largest absolute Gasteiger partial charge is 0.484 e. The van der Waals surface area contributed by atoms with E-state index in [1.807, 2.05) is 32.0 Å². The number of nitrogens with zero attached hydrogens (tertiary/aromatic N) is 2. The molecule has 6 nitrogen and oxygen atoms in total. The van der Waals surface area contributed by atoms with Crippen LogP contribution >= 0.6 is 15.9 Å². The molecule has 128 valence electrons. The van der Waals surface area contributed by atoms with Crippen LogP contribution in [0.1, 0.15) is 32.4 Å². The van der Waals surface area contributed by atoms with Crippen molar-refractivity contribution >= 4 is 15.9 Å². The number of hydrogen-bond acceptors (Lipinski definition) is 5. The molecule has 1 aromatic heterocycles. The lowest BCUT2D eigenvalue weighted by molar-refractivity contribution is -0.175. The Bertz CT molecular complexity index is 845. The van der Waals surface area contributed by atoms with Gasteiger partial charge >= 0.3 is 0 Å². The van der Waals surface area contributed by atoms with Crippen molar-refractivity contribution in [1.82, 2.24) is 9.78 Å². The van der Waals surface area contributed by atoms with Gasteiger partial charge in [-0.1, -0.05) is 15.9 Å². The quantitative estimate of drug-likeness (QED) is 0.846. The molecule has 2 aromatic rings. The van der Waals surface area contributed by atoms with E-state index in [1.165, 1.54) is 16.8 Å². The normalized spacial score (nSPS) is 24.8. The highest BCUT2D eigenvalue weighted by Crippen LogP contribution is 2.48. The molecule has 0 spiro atoms. The van der Waals surface area contributed by atoms with E-state index in [4.69, 9.17) is 9.47 Å². The predicted octanol–water partition coefficient (Wildman–Crippen LogP) is 2.58. The fourth-order valence-corrected chi connectivity index (χ4v) is 3.04. The van der Waals surface area contributed by atoms with Gasteiger partial charge in [0.05, 0.1) is 0 Å². The highest BCUT2D eigenvalue weighted by Gasteiger charge is 2.54. The Labute approximate surface area is 148 Å². The Kier molecular flexibility index (Phi) is 3.96. The van der Waals surface area contributed by atoms with Gasteiger partial charge in [-0.15, -0.1) is 5.10 Å². The third-order valence-corrected chi connectivity index (χ3v) is 5.02. The van der Waals surface area contributed by atoms with Gasteiger partial charge in [-0.2, -0.15) is 0 Å². The number of fused-ring (bicyclic) bond motifs is 1. The molecule has 24 heavy (non-hydrogen) atoms. The number of aliphatic hydroxyl groups is 1. The summed E-state index contributed by atoms with van der Waals surface area (Å²) in [4.78, 5) is 11.5. The van der Waals surface area contributed by atoms with Crippen LogP contribution in [0.4, 0.5) is 0 Å². The average molecular weight is 395 g/mol. The van der Waals surface area contributed by atoms with Crippen LogP contribution in [-0.2, 0) is 7.05 Å². The molecule has 0 fully saturated rings. The number of halogens is 1. The molecule has 3 rings (SSSR count). The SMILES string of the molecule is Cn1nc(OC2c3cc(Br)ccc3OC(C)(C)C2(C)O)ccc1=O. The smallest absolute Gasteiger partial charge is 0.266 e. The van der Waals surface area contributed by atoms with Gasteiger partial charge in [0.25, 0.3) is 5.56 Å². The average Bonchev–Trinajstić information content (AvgIpc) is 2.48. The summed E-state index contributed by atoms with van der Waals surface area (Å²) in [7, 11) is 1.55.